The maximum atomic E-state index is 12.8. The summed E-state index contributed by atoms with van der Waals surface area (Å²) in [5.41, 5.74) is 4.59. The molecule has 2 N–H and O–H groups in total. The smallest absolute Gasteiger partial charge is 0.407 e. The summed E-state index contributed by atoms with van der Waals surface area (Å²) in [5.74, 6) is -1.39. The average Bonchev–Trinajstić information content (AvgIpc) is 3.15. The van der Waals surface area contributed by atoms with E-state index in [1.165, 1.54) is 11.8 Å². The molecular weight excluding hydrogens is 432 g/mol. The molecule has 182 valence electrons. The van der Waals surface area contributed by atoms with Gasteiger partial charge in [-0.1, -0.05) is 68.3 Å². The molecule has 1 aliphatic rings. The number of ether oxygens (including phenoxy) is 1. The van der Waals surface area contributed by atoms with Crippen LogP contribution in [-0.4, -0.2) is 53.2 Å². The number of fused-ring (bicyclic) bond motifs is 3. The molecule has 0 aliphatic heterocycles. The van der Waals surface area contributed by atoms with Crippen molar-refractivity contribution in [1.29, 1.82) is 0 Å². The summed E-state index contributed by atoms with van der Waals surface area (Å²) in [6.07, 6.45) is 1.84. The first-order valence-electron chi connectivity index (χ1n) is 12.0. The van der Waals surface area contributed by atoms with Crippen LogP contribution in [0.15, 0.2) is 48.5 Å². The van der Waals surface area contributed by atoms with E-state index in [1.54, 1.807) is 6.92 Å². The van der Waals surface area contributed by atoms with E-state index in [-0.39, 0.29) is 31.4 Å². The van der Waals surface area contributed by atoms with Gasteiger partial charge in [-0.2, -0.15) is 0 Å². The van der Waals surface area contributed by atoms with Crippen LogP contribution < -0.4 is 5.32 Å². The number of unbranched alkanes of at least 4 members (excludes halogenated alkanes) is 1. The number of amides is 2. The Hall–Kier alpha value is -3.35. The first-order chi connectivity index (χ1) is 16.4. The molecule has 7 nitrogen and oxygen atoms in total. The van der Waals surface area contributed by atoms with Crippen LogP contribution in [0.5, 0.6) is 0 Å². The van der Waals surface area contributed by atoms with E-state index in [2.05, 4.69) is 29.6 Å². The Labute approximate surface area is 201 Å². The van der Waals surface area contributed by atoms with E-state index in [0.717, 1.165) is 35.1 Å². The second-order valence-corrected chi connectivity index (χ2v) is 8.71. The Morgan fingerprint density at radius 1 is 1.03 bits per heavy atom. The maximum Gasteiger partial charge on any atom is 0.407 e. The molecule has 2 aromatic carbocycles. The van der Waals surface area contributed by atoms with Crippen molar-refractivity contribution in [2.24, 2.45) is 0 Å². The molecule has 2 unspecified atom stereocenters. The highest BCUT2D eigenvalue weighted by molar-refractivity contribution is 5.84. The zero-order valence-electron chi connectivity index (χ0n) is 20.1. The molecular formula is C27H34N2O5. The molecule has 2 atom stereocenters. The van der Waals surface area contributed by atoms with Gasteiger partial charge in [0.2, 0.25) is 5.91 Å². The lowest BCUT2D eigenvalue weighted by Crippen LogP contribution is -2.46. The number of carboxylic acid groups (broad SMARTS) is 1. The Balaban J connectivity index is 1.64. The minimum absolute atomic E-state index is 0.0374. The third-order valence-corrected chi connectivity index (χ3v) is 6.48. The summed E-state index contributed by atoms with van der Waals surface area (Å²) in [7, 11) is 0. The minimum Gasteiger partial charge on any atom is -0.480 e. The Morgan fingerprint density at radius 2 is 1.62 bits per heavy atom. The van der Waals surface area contributed by atoms with Crippen molar-refractivity contribution in [1.82, 2.24) is 10.2 Å². The average molecular weight is 467 g/mol. The largest absolute Gasteiger partial charge is 0.480 e. The van der Waals surface area contributed by atoms with Crippen LogP contribution in [0.25, 0.3) is 11.1 Å². The molecule has 0 bridgehead atoms. The molecule has 1 aliphatic carbocycles. The molecule has 0 saturated carbocycles. The Kier molecular flexibility index (Phi) is 8.68. The highest BCUT2D eigenvalue weighted by Crippen LogP contribution is 2.44. The van der Waals surface area contributed by atoms with E-state index in [0.29, 0.717) is 6.42 Å². The monoisotopic (exact) mass is 466 g/mol. The van der Waals surface area contributed by atoms with E-state index < -0.39 is 24.1 Å². The quantitative estimate of drug-likeness (QED) is 0.496. The number of hydrogen-bond acceptors (Lipinski definition) is 4. The lowest BCUT2D eigenvalue weighted by Gasteiger charge is -2.27. The van der Waals surface area contributed by atoms with Crippen molar-refractivity contribution in [2.75, 3.05) is 13.2 Å². The van der Waals surface area contributed by atoms with Crippen molar-refractivity contribution in [3.05, 3.63) is 59.7 Å². The first kappa shape index (κ1) is 25.3. The van der Waals surface area contributed by atoms with E-state index >= 15 is 0 Å². The highest BCUT2D eigenvalue weighted by Gasteiger charge is 2.30. The summed E-state index contributed by atoms with van der Waals surface area (Å²) in [6.45, 7) is 5.77. The van der Waals surface area contributed by atoms with Crippen molar-refractivity contribution in [3.8, 4) is 11.1 Å². The Bertz CT molecular complexity index is 976. The van der Waals surface area contributed by atoms with Gasteiger partial charge in [0, 0.05) is 24.9 Å². The van der Waals surface area contributed by atoms with Crippen LogP contribution in [0.4, 0.5) is 4.79 Å². The fourth-order valence-corrected chi connectivity index (χ4v) is 4.61. The third kappa shape index (κ3) is 5.76. The highest BCUT2D eigenvalue weighted by atomic mass is 16.5. The third-order valence-electron chi connectivity index (χ3n) is 6.48. The van der Waals surface area contributed by atoms with Gasteiger partial charge in [-0.15, -0.1) is 0 Å². The second-order valence-electron chi connectivity index (χ2n) is 8.71. The number of aliphatic carboxylic acids is 1. The lowest BCUT2D eigenvalue weighted by atomic mass is 9.98. The van der Waals surface area contributed by atoms with Crippen LogP contribution in [0.2, 0.25) is 0 Å². The summed E-state index contributed by atoms with van der Waals surface area (Å²) in [5, 5.41) is 12.1. The number of hydrogen-bond donors (Lipinski definition) is 2. The van der Waals surface area contributed by atoms with Gasteiger partial charge >= 0.3 is 12.1 Å². The molecule has 2 amide bonds. The number of nitrogens with zero attached hydrogens (tertiary/aromatic N) is 1. The standard InChI is InChI=1S/C27H34N2O5/c1-4-6-11-19(16-25(30)29(5-2)18(3)26(31)32)28-27(33)34-17-24-22-14-9-7-12-20(22)21-13-8-10-15-23(21)24/h7-10,12-15,18-19,24H,4-6,11,16-17H2,1-3H3,(H,28,33)(H,31,32). The summed E-state index contributed by atoms with van der Waals surface area (Å²) < 4.78 is 5.64. The minimum atomic E-state index is -1.05. The normalized spacial score (nSPS) is 14.0. The van der Waals surface area contributed by atoms with Crippen molar-refractivity contribution >= 4 is 18.0 Å². The van der Waals surface area contributed by atoms with Gasteiger partial charge in [0.15, 0.2) is 0 Å². The molecule has 34 heavy (non-hydrogen) atoms. The SMILES string of the molecule is CCCCC(CC(=O)N(CC)C(C)C(=O)O)NC(=O)OCC1c2ccccc2-c2ccccc21. The van der Waals surface area contributed by atoms with Gasteiger partial charge < -0.3 is 20.1 Å². The summed E-state index contributed by atoms with van der Waals surface area (Å²) in [6, 6.07) is 14.9. The first-order valence-corrected chi connectivity index (χ1v) is 12.0. The number of rotatable bonds is 11. The van der Waals surface area contributed by atoms with E-state index in [4.69, 9.17) is 4.74 Å². The van der Waals surface area contributed by atoms with Crippen LogP contribution in [0, 0.1) is 0 Å². The Morgan fingerprint density at radius 3 is 2.15 bits per heavy atom. The second kappa shape index (κ2) is 11.7. The molecule has 7 heteroatoms. The van der Waals surface area contributed by atoms with Crippen LogP contribution >= 0.6 is 0 Å². The van der Waals surface area contributed by atoms with Gasteiger partial charge in [-0.05, 0) is 42.5 Å². The number of carboxylic acids is 1. The van der Waals surface area contributed by atoms with E-state index in [1.807, 2.05) is 31.2 Å². The van der Waals surface area contributed by atoms with Gasteiger partial charge in [0.25, 0.3) is 0 Å². The topological polar surface area (TPSA) is 95.9 Å². The molecule has 0 heterocycles. The predicted molar refractivity (Wildman–Crippen MR) is 131 cm³/mol. The van der Waals surface area contributed by atoms with Gasteiger partial charge in [0.1, 0.15) is 12.6 Å². The van der Waals surface area contributed by atoms with E-state index in [9.17, 15) is 19.5 Å². The molecule has 0 saturated heterocycles. The maximum absolute atomic E-state index is 12.8. The van der Waals surface area contributed by atoms with Crippen LogP contribution in [-0.2, 0) is 14.3 Å². The molecule has 3 rings (SSSR count). The van der Waals surface area contributed by atoms with Crippen molar-refractivity contribution in [2.45, 2.75) is 64.5 Å². The molecule has 0 spiro atoms. The van der Waals surface area contributed by atoms with Crippen molar-refractivity contribution < 1.29 is 24.2 Å². The molecule has 0 aromatic heterocycles. The summed E-state index contributed by atoms with van der Waals surface area (Å²) in [4.78, 5) is 38.2. The van der Waals surface area contributed by atoms with Gasteiger partial charge in [-0.25, -0.2) is 9.59 Å². The number of carbonyl (C=O) groups excluding carboxylic acids is 2. The fourth-order valence-electron chi connectivity index (χ4n) is 4.61. The van der Waals surface area contributed by atoms with Crippen LogP contribution in [0.3, 0.4) is 0 Å². The molecule has 2 aromatic rings. The summed E-state index contributed by atoms with van der Waals surface area (Å²) >= 11 is 0. The number of carbonyl (C=O) groups is 3. The molecule has 0 radical (unpaired) electrons. The van der Waals surface area contributed by atoms with Gasteiger partial charge in [0.05, 0.1) is 0 Å². The van der Waals surface area contributed by atoms with Gasteiger partial charge in [-0.3, -0.25) is 4.79 Å². The van der Waals surface area contributed by atoms with Crippen molar-refractivity contribution in [3.63, 3.8) is 0 Å². The predicted octanol–water partition coefficient (Wildman–Crippen LogP) is 4.80. The lowest BCUT2D eigenvalue weighted by molar-refractivity contribution is -0.149. The zero-order chi connectivity index (χ0) is 24.7. The number of likely N-dealkylation sites (N-methyl/N-ethyl adjacent to an activating group) is 1. The molecule has 0 fully saturated rings. The number of nitrogens with one attached hydrogen (secondary N) is 1. The zero-order valence-corrected chi connectivity index (χ0v) is 20.1. The van der Waals surface area contributed by atoms with Crippen LogP contribution in [0.1, 0.15) is 63.5 Å². The number of alkyl carbamates (subject to hydrolysis) is 1. The fraction of sp³-hybridized carbons (Fsp3) is 0.444. The number of benzene rings is 2.